The number of carboxylic acids is 1. The van der Waals surface area contributed by atoms with Crippen molar-refractivity contribution in [3.8, 4) is 11.6 Å². The van der Waals surface area contributed by atoms with Crippen LogP contribution in [0.15, 0.2) is 24.4 Å². The Bertz CT molecular complexity index is 841. The molecule has 1 aromatic heterocycles. The lowest BCUT2D eigenvalue weighted by molar-refractivity contribution is -0.138. The van der Waals surface area contributed by atoms with Crippen molar-refractivity contribution in [2.24, 2.45) is 5.73 Å². The largest absolute Gasteiger partial charge is 0.492 e. The molecule has 1 aliphatic rings. The van der Waals surface area contributed by atoms with Crippen LogP contribution < -0.4 is 21.3 Å². The summed E-state index contributed by atoms with van der Waals surface area (Å²) in [5, 5.41) is 22.2. The first-order valence-corrected chi connectivity index (χ1v) is 8.62. The average Bonchev–Trinajstić information content (AvgIpc) is 2.91. The lowest BCUT2D eigenvalue weighted by Crippen LogP contribution is -2.28. The zero-order valence-electron chi connectivity index (χ0n) is 15.3. The van der Waals surface area contributed by atoms with E-state index in [-0.39, 0.29) is 18.8 Å². The molecule has 0 aliphatic carbocycles. The molecule has 28 heavy (non-hydrogen) atoms. The maximum absolute atomic E-state index is 11.0. The third-order valence-corrected chi connectivity index (χ3v) is 4.15. The summed E-state index contributed by atoms with van der Waals surface area (Å²) >= 11 is 0. The molecule has 3 rings (SSSR count). The van der Waals surface area contributed by atoms with Crippen LogP contribution in [-0.2, 0) is 9.45 Å². The number of anilines is 1. The van der Waals surface area contributed by atoms with Gasteiger partial charge >= 0.3 is 13.1 Å². The number of ether oxygens (including phenoxy) is 1. The van der Waals surface area contributed by atoms with Gasteiger partial charge in [0.15, 0.2) is 0 Å². The first-order chi connectivity index (χ1) is 13.0. The number of nitrogens with one attached hydrogen (secondary N) is 1. The summed E-state index contributed by atoms with van der Waals surface area (Å²) in [7, 11) is -1.19. The number of carboxylic acid groups (broad SMARTS) is 1. The third-order valence-electron chi connectivity index (χ3n) is 4.15. The summed E-state index contributed by atoms with van der Waals surface area (Å²) in [6, 6.07) is 5.02. The number of hydrogen-bond donors (Lipinski definition) is 4. The van der Waals surface area contributed by atoms with E-state index >= 15 is 0 Å². The number of hydrogen-bond acceptors (Lipinski definition) is 8. The number of nitrogens with zero attached hydrogens (tertiary/aromatic N) is 2. The molecule has 0 radical (unpaired) electrons. The van der Waals surface area contributed by atoms with Crippen molar-refractivity contribution < 1.29 is 24.3 Å². The molecule has 1 aromatic carbocycles. The normalized spacial score (nSPS) is 15.0. The molecule has 5 N–H and O–H groups in total. The second kappa shape index (κ2) is 9.69. The number of carbonyl (C=O) groups is 1. The monoisotopic (exact) mass is 408 g/mol. The van der Waals surface area contributed by atoms with Gasteiger partial charge in [-0.2, -0.15) is 4.98 Å². The Morgan fingerprint density at radius 2 is 2.25 bits per heavy atom. The predicted octanol–water partition coefficient (Wildman–Crippen LogP) is 0.993. The number of aliphatic carboxylic acids is 1. The highest BCUT2D eigenvalue weighted by Crippen LogP contribution is 2.32. The molecular weight excluding hydrogens is 386 g/mol. The Balaban J connectivity index is 0.00000280. The van der Waals surface area contributed by atoms with E-state index in [0.717, 1.165) is 12.0 Å². The van der Waals surface area contributed by atoms with Crippen LogP contribution in [0.3, 0.4) is 0 Å². The molecule has 1 aliphatic heterocycles. The molecule has 0 saturated carbocycles. The van der Waals surface area contributed by atoms with Crippen molar-refractivity contribution in [1.29, 1.82) is 0 Å². The molecule has 150 valence electrons. The second-order valence-electron chi connectivity index (χ2n) is 6.21. The van der Waals surface area contributed by atoms with Crippen LogP contribution in [0.2, 0.25) is 0 Å². The third kappa shape index (κ3) is 5.11. The Kier molecular flexibility index (Phi) is 7.58. The molecule has 1 unspecified atom stereocenters. The minimum Gasteiger partial charge on any atom is -0.481 e. The van der Waals surface area contributed by atoms with Gasteiger partial charge in [0, 0.05) is 18.8 Å². The molecule has 0 bridgehead atoms. The summed E-state index contributed by atoms with van der Waals surface area (Å²) in [5.74, 6) is 0.255. The van der Waals surface area contributed by atoms with E-state index in [1.807, 2.05) is 6.92 Å². The molecule has 0 amide bonds. The van der Waals surface area contributed by atoms with Crippen molar-refractivity contribution in [2.45, 2.75) is 25.9 Å². The van der Waals surface area contributed by atoms with Crippen LogP contribution in [0, 0.1) is 6.92 Å². The lowest BCUT2D eigenvalue weighted by Gasteiger charge is -2.13. The molecule has 0 saturated heterocycles. The van der Waals surface area contributed by atoms with Crippen LogP contribution in [0.5, 0.6) is 11.6 Å². The van der Waals surface area contributed by atoms with Gasteiger partial charge in [0.25, 0.3) is 0 Å². The zero-order valence-corrected chi connectivity index (χ0v) is 16.1. The Morgan fingerprint density at radius 1 is 1.46 bits per heavy atom. The van der Waals surface area contributed by atoms with Crippen molar-refractivity contribution in [3.63, 3.8) is 0 Å². The fraction of sp³-hybridized carbons (Fsp3) is 0.353. The van der Waals surface area contributed by atoms with E-state index in [1.165, 1.54) is 0 Å². The van der Waals surface area contributed by atoms with Gasteiger partial charge < -0.3 is 30.6 Å². The van der Waals surface area contributed by atoms with Crippen LogP contribution in [0.25, 0.3) is 0 Å². The smallest absolute Gasteiger partial charge is 0.481 e. The van der Waals surface area contributed by atoms with Crippen LogP contribution in [-0.4, -0.2) is 46.3 Å². The van der Waals surface area contributed by atoms with Crippen LogP contribution in [0.4, 0.5) is 5.95 Å². The van der Waals surface area contributed by atoms with Gasteiger partial charge in [-0.05, 0) is 48.6 Å². The number of benzene rings is 1. The standard InChI is InChI=1S/C17H21BN4O5.ClH/c1-10-7-11(8-12-16(10)13(9-15(23)24)27-18(12)25)26-14-3-6-21-17(22-14)20-5-2-4-19;/h3,6-8,13,25H,2,4-5,9,19H2,1H3,(H,23,24)(H,20,21,22);1H. The molecule has 9 nitrogen and oxygen atoms in total. The molecule has 2 aromatic rings. The molecule has 0 fully saturated rings. The van der Waals surface area contributed by atoms with Gasteiger partial charge in [-0.15, -0.1) is 12.4 Å². The lowest BCUT2D eigenvalue weighted by atomic mass is 9.77. The molecule has 2 heterocycles. The summed E-state index contributed by atoms with van der Waals surface area (Å²) in [5.41, 5.74) is 7.43. The Labute approximate surface area is 168 Å². The van der Waals surface area contributed by atoms with Crippen molar-refractivity contribution in [3.05, 3.63) is 35.5 Å². The number of nitrogens with two attached hydrogens (primary N) is 1. The number of aromatic nitrogens is 2. The van der Waals surface area contributed by atoms with E-state index in [1.54, 1.807) is 24.4 Å². The maximum Gasteiger partial charge on any atom is 0.492 e. The van der Waals surface area contributed by atoms with Gasteiger partial charge in [0.2, 0.25) is 11.8 Å². The first-order valence-electron chi connectivity index (χ1n) is 8.62. The highest BCUT2D eigenvalue weighted by Gasteiger charge is 2.37. The van der Waals surface area contributed by atoms with E-state index in [2.05, 4.69) is 15.3 Å². The van der Waals surface area contributed by atoms with Gasteiger partial charge in [-0.1, -0.05) is 0 Å². The molecule has 1 atom stereocenters. The number of halogens is 1. The summed E-state index contributed by atoms with van der Waals surface area (Å²) in [4.78, 5) is 19.4. The van der Waals surface area contributed by atoms with Crippen molar-refractivity contribution in [1.82, 2.24) is 9.97 Å². The van der Waals surface area contributed by atoms with Gasteiger partial charge in [-0.25, -0.2) is 4.98 Å². The topological polar surface area (TPSA) is 140 Å². The molecular formula is C17H22BClN4O5. The molecule has 0 spiro atoms. The number of fused-ring (bicyclic) bond motifs is 1. The minimum absolute atomic E-state index is 0. The van der Waals surface area contributed by atoms with Crippen molar-refractivity contribution in [2.75, 3.05) is 18.4 Å². The van der Waals surface area contributed by atoms with E-state index < -0.39 is 19.2 Å². The summed E-state index contributed by atoms with van der Waals surface area (Å²) in [6.45, 7) is 3.05. The quantitative estimate of drug-likeness (QED) is 0.372. The maximum atomic E-state index is 11.0. The van der Waals surface area contributed by atoms with Gasteiger partial charge in [0.1, 0.15) is 5.75 Å². The predicted molar refractivity (Wildman–Crippen MR) is 106 cm³/mol. The Morgan fingerprint density at radius 3 is 2.96 bits per heavy atom. The van der Waals surface area contributed by atoms with Crippen LogP contribution >= 0.6 is 12.4 Å². The van der Waals surface area contributed by atoms with E-state index in [9.17, 15) is 9.82 Å². The summed E-state index contributed by atoms with van der Waals surface area (Å²) < 4.78 is 11.2. The fourth-order valence-electron chi connectivity index (χ4n) is 3.01. The summed E-state index contributed by atoms with van der Waals surface area (Å²) in [6.07, 6.45) is 1.48. The van der Waals surface area contributed by atoms with Crippen LogP contribution in [0.1, 0.15) is 30.1 Å². The Hall–Kier alpha value is -2.40. The highest BCUT2D eigenvalue weighted by molar-refractivity contribution is 6.62. The second-order valence-corrected chi connectivity index (χ2v) is 6.21. The number of rotatable bonds is 8. The zero-order chi connectivity index (χ0) is 19.4. The number of aryl methyl sites for hydroxylation is 1. The SMILES string of the molecule is Cc1cc(Oc2ccnc(NCCCN)n2)cc2c1C(CC(=O)O)OB2O.Cl. The molecule has 11 heteroatoms. The van der Waals surface area contributed by atoms with E-state index in [4.69, 9.17) is 20.2 Å². The first kappa shape index (κ1) is 21.9. The van der Waals surface area contributed by atoms with Crippen molar-refractivity contribution >= 4 is 36.9 Å². The van der Waals surface area contributed by atoms with Gasteiger partial charge in [-0.3, -0.25) is 4.79 Å². The fourth-order valence-corrected chi connectivity index (χ4v) is 3.01. The minimum atomic E-state index is -1.19. The highest BCUT2D eigenvalue weighted by atomic mass is 35.5. The average molecular weight is 409 g/mol. The van der Waals surface area contributed by atoms with Gasteiger partial charge in [0.05, 0.1) is 12.5 Å². The van der Waals surface area contributed by atoms with E-state index in [0.29, 0.717) is 41.7 Å².